The van der Waals surface area contributed by atoms with Crippen molar-refractivity contribution in [2.75, 3.05) is 18.5 Å². The first-order valence-corrected chi connectivity index (χ1v) is 7.41. The third-order valence-corrected chi connectivity index (χ3v) is 4.55. The number of hydrogen-bond acceptors (Lipinski definition) is 2. The summed E-state index contributed by atoms with van der Waals surface area (Å²) >= 11 is 0. The van der Waals surface area contributed by atoms with Gasteiger partial charge >= 0.3 is 11.8 Å². The van der Waals surface area contributed by atoms with Gasteiger partial charge in [0.05, 0.1) is 6.04 Å². The fraction of sp³-hybridized carbons (Fsp3) is 0.222. The lowest BCUT2D eigenvalue weighted by atomic mass is 9.96. The molecule has 2 aliphatic rings. The average Bonchev–Trinajstić information content (AvgIpc) is 2.67. The molecule has 2 aromatic carbocycles. The summed E-state index contributed by atoms with van der Waals surface area (Å²) in [6.45, 7) is 0.524. The van der Waals surface area contributed by atoms with Crippen LogP contribution in [0.2, 0.25) is 0 Å². The molecule has 0 unspecified atom stereocenters. The quantitative estimate of drug-likeness (QED) is 0.698. The smallest absolute Gasteiger partial charge is 0.317 e. The third-order valence-electron chi connectivity index (χ3n) is 4.55. The molecule has 1 fully saturated rings. The maximum absolute atomic E-state index is 12.6. The highest BCUT2D eigenvalue weighted by atomic mass is 16.2. The predicted molar refractivity (Wildman–Crippen MR) is 83.6 cm³/mol. The topological polar surface area (TPSA) is 40.6 Å². The number of rotatable bonds is 0. The number of fused-ring (bicyclic) bond motifs is 5. The van der Waals surface area contributed by atoms with Crippen molar-refractivity contribution in [3.8, 4) is 0 Å². The number of carbonyl (C=O) groups is 2. The van der Waals surface area contributed by atoms with E-state index in [-0.39, 0.29) is 6.04 Å². The first-order chi connectivity index (χ1) is 10.7. The zero-order chi connectivity index (χ0) is 15.3. The monoisotopic (exact) mass is 292 g/mol. The molecule has 1 atom stereocenters. The van der Waals surface area contributed by atoms with E-state index in [9.17, 15) is 9.59 Å². The number of anilines is 1. The molecule has 0 aromatic heterocycles. The summed E-state index contributed by atoms with van der Waals surface area (Å²) in [6.07, 6.45) is 0.782. The van der Waals surface area contributed by atoms with Gasteiger partial charge in [-0.15, -0.1) is 0 Å². The molecule has 0 spiro atoms. The van der Waals surface area contributed by atoms with Gasteiger partial charge < -0.3 is 4.90 Å². The summed E-state index contributed by atoms with van der Waals surface area (Å²) in [5, 5.41) is 0. The number of hydrogen-bond donors (Lipinski definition) is 0. The Hall–Kier alpha value is -2.62. The number of amides is 2. The van der Waals surface area contributed by atoms with E-state index >= 15 is 0 Å². The molecule has 2 aromatic rings. The van der Waals surface area contributed by atoms with Crippen molar-refractivity contribution in [1.29, 1.82) is 0 Å². The first-order valence-electron chi connectivity index (χ1n) is 7.41. The lowest BCUT2D eigenvalue weighted by Crippen LogP contribution is -2.54. The van der Waals surface area contributed by atoms with Crippen LogP contribution in [0, 0.1) is 0 Å². The van der Waals surface area contributed by atoms with Crippen molar-refractivity contribution in [2.24, 2.45) is 0 Å². The molecule has 2 amide bonds. The molecular weight excluding hydrogens is 276 g/mol. The van der Waals surface area contributed by atoms with Crippen LogP contribution < -0.4 is 4.90 Å². The fourth-order valence-electron chi connectivity index (χ4n) is 3.47. The van der Waals surface area contributed by atoms with Crippen LogP contribution in [-0.2, 0) is 16.0 Å². The maximum Gasteiger partial charge on any atom is 0.317 e. The molecule has 0 bridgehead atoms. The van der Waals surface area contributed by atoms with Crippen LogP contribution in [0.4, 0.5) is 5.69 Å². The lowest BCUT2D eigenvalue weighted by Gasteiger charge is -2.39. The minimum Gasteiger partial charge on any atom is -0.335 e. The lowest BCUT2D eigenvalue weighted by molar-refractivity contribution is -0.146. The second-order valence-corrected chi connectivity index (χ2v) is 5.88. The summed E-state index contributed by atoms with van der Waals surface area (Å²) in [5.74, 6) is -0.881. The van der Waals surface area contributed by atoms with E-state index in [1.165, 1.54) is 10.5 Å². The molecule has 0 radical (unpaired) electrons. The Labute approximate surface area is 129 Å². The van der Waals surface area contributed by atoms with Gasteiger partial charge in [0, 0.05) is 19.3 Å². The van der Waals surface area contributed by atoms with Crippen molar-refractivity contribution in [3.05, 3.63) is 65.2 Å². The Balaban J connectivity index is 1.97. The van der Waals surface area contributed by atoms with Gasteiger partial charge in [0.2, 0.25) is 0 Å². The van der Waals surface area contributed by atoms with Gasteiger partial charge in [0.1, 0.15) is 0 Å². The van der Waals surface area contributed by atoms with Crippen LogP contribution in [0.5, 0.6) is 0 Å². The van der Waals surface area contributed by atoms with Crippen LogP contribution in [0.15, 0.2) is 48.5 Å². The Kier molecular flexibility index (Phi) is 2.79. The van der Waals surface area contributed by atoms with Gasteiger partial charge in [0.25, 0.3) is 0 Å². The summed E-state index contributed by atoms with van der Waals surface area (Å²) in [5.41, 5.74) is 4.29. The van der Waals surface area contributed by atoms with Crippen LogP contribution in [-0.4, -0.2) is 30.3 Å². The van der Waals surface area contributed by atoms with E-state index in [2.05, 4.69) is 12.1 Å². The van der Waals surface area contributed by atoms with Crippen molar-refractivity contribution in [2.45, 2.75) is 12.5 Å². The number of benzene rings is 2. The van der Waals surface area contributed by atoms with E-state index in [4.69, 9.17) is 0 Å². The molecule has 4 nitrogen and oxygen atoms in total. The molecular formula is C18H16N2O2. The van der Waals surface area contributed by atoms with Gasteiger partial charge in [-0.3, -0.25) is 14.5 Å². The minimum atomic E-state index is -0.442. The van der Waals surface area contributed by atoms with E-state index < -0.39 is 11.8 Å². The molecule has 4 heteroatoms. The second-order valence-electron chi connectivity index (χ2n) is 5.88. The first kappa shape index (κ1) is 13.1. The Morgan fingerprint density at radius 3 is 2.41 bits per heavy atom. The molecule has 4 rings (SSSR count). The van der Waals surface area contributed by atoms with Crippen molar-refractivity contribution < 1.29 is 9.59 Å². The van der Waals surface area contributed by atoms with Crippen LogP contribution in [0.1, 0.15) is 22.7 Å². The van der Waals surface area contributed by atoms with Gasteiger partial charge in [-0.05, 0) is 29.2 Å². The van der Waals surface area contributed by atoms with Crippen LogP contribution in [0.3, 0.4) is 0 Å². The minimum absolute atomic E-state index is 0.116. The fourth-order valence-corrected chi connectivity index (χ4v) is 3.47. The summed E-state index contributed by atoms with van der Waals surface area (Å²) < 4.78 is 0. The number of para-hydroxylation sites is 1. The number of nitrogens with zero attached hydrogens (tertiary/aromatic N) is 2. The molecule has 1 saturated heterocycles. The number of piperazine rings is 1. The molecule has 2 heterocycles. The number of likely N-dealkylation sites (N-methyl/N-ethyl adjacent to an activating group) is 1. The Bertz CT molecular complexity index is 784. The Morgan fingerprint density at radius 2 is 1.59 bits per heavy atom. The van der Waals surface area contributed by atoms with Crippen LogP contribution in [0.25, 0.3) is 0 Å². The van der Waals surface area contributed by atoms with Crippen molar-refractivity contribution >= 4 is 17.5 Å². The molecule has 0 saturated carbocycles. The zero-order valence-electron chi connectivity index (χ0n) is 12.3. The maximum atomic E-state index is 12.6. The number of carbonyl (C=O) groups excluding carboxylic acids is 2. The largest absolute Gasteiger partial charge is 0.335 e. The van der Waals surface area contributed by atoms with Gasteiger partial charge in [-0.1, -0.05) is 42.5 Å². The SMILES string of the molecule is CN1C[C@H]2c3ccccc3Cc3ccccc3N2C(=O)C1=O. The predicted octanol–water partition coefficient (Wildman–Crippen LogP) is 2.14. The highest BCUT2D eigenvalue weighted by Gasteiger charge is 2.41. The molecule has 0 aliphatic carbocycles. The summed E-state index contributed by atoms with van der Waals surface area (Å²) in [7, 11) is 1.69. The van der Waals surface area contributed by atoms with Crippen LogP contribution >= 0.6 is 0 Å². The standard InChI is InChI=1S/C18H16N2O2/c1-19-11-16-14-8-4-2-6-12(14)10-13-7-3-5-9-15(13)20(16)18(22)17(19)21/h2-9,16H,10-11H2,1H3/t16-/m0/s1. The highest BCUT2D eigenvalue weighted by Crippen LogP contribution is 2.39. The normalized spacial score (nSPS) is 20.1. The molecule has 110 valence electrons. The zero-order valence-corrected chi connectivity index (χ0v) is 12.3. The second kappa shape index (κ2) is 4.70. The van der Waals surface area contributed by atoms with E-state index in [0.29, 0.717) is 6.54 Å². The van der Waals surface area contributed by atoms with E-state index in [0.717, 1.165) is 23.2 Å². The van der Waals surface area contributed by atoms with Gasteiger partial charge in [0.15, 0.2) is 0 Å². The van der Waals surface area contributed by atoms with Gasteiger partial charge in [-0.2, -0.15) is 0 Å². The molecule has 22 heavy (non-hydrogen) atoms. The molecule has 0 N–H and O–H groups in total. The summed E-state index contributed by atoms with van der Waals surface area (Å²) in [6, 6.07) is 15.9. The average molecular weight is 292 g/mol. The van der Waals surface area contributed by atoms with Crippen molar-refractivity contribution in [3.63, 3.8) is 0 Å². The summed E-state index contributed by atoms with van der Waals surface area (Å²) in [4.78, 5) is 28.0. The van der Waals surface area contributed by atoms with Crippen molar-refractivity contribution in [1.82, 2.24) is 4.90 Å². The highest BCUT2D eigenvalue weighted by molar-refractivity contribution is 6.41. The molecule has 2 aliphatic heterocycles. The Morgan fingerprint density at radius 1 is 0.909 bits per heavy atom. The van der Waals surface area contributed by atoms with E-state index in [1.807, 2.05) is 36.4 Å². The third kappa shape index (κ3) is 1.77. The van der Waals surface area contributed by atoms with E-state index in [1.54, 1.807) is 11.9 Å². The van der Waals surface area contributed by atoms with Gasteiger partial charge in [-0.25, -0.2) is 0 Å².